The van der Waals surface area contributed by atoms with Gasteiger partial charge < -0.3 is 15.1 Å². The Balaban J connectivity index is 0.942. The minimum atomic E-state index is -4.81. The van der Waals surface area contributed by atoms with Gasteiger partial charge in [-0.2, -0.15) is 18.4 Å². The number of imide groups is 1. The lowest BCUT2D eigenvalue weighted by Gasteiger charge is -2.44. The van der Waals surface area contributed by atoms with E-state index in [1.165, 1.54) is 6.07 Å². The van der Waals surface area contributed by atoms with E-state index in [4.69, 9.17) is 17.5 Å². The number of hydrogen-bond donors (Lipinski definition) is 2. The highest BCUT2D eigenvalue weighted by molar-refractivity contribution is 7.80. The number of hydrogen-bond acceptors (Lipinski definition) is 10. The Hall–Kier alpha value is -4.53. The van der Waals surface area contributed by atoms with Gasteiger partial charge in [0.2, 0.25) is 17.7 Å². The van der Waals surface area contributed by atoms with Gasteiger partial charge in [-0.25, -0.2) is 4.98 Å². The fourth-order valence-corrected chi connectivity index (χ4v) is 9.38. The van der Waals surface area contributed by atoms with Crippen molar-refractivity contribution in [1.82, 2.24) is 30.0 Å². The van der Waals surface area contributed by atoms with Gasteiger partial charge in [0.05, 0.1) is 47.5 Å². The molecule has 2 N–H and O–H groups in total. The monoisotopic (exact) mass is 795 g/mol. The second-order valence-electron chi connectivity index (χ2n) is 16.0. The number of nitrogens with one attached hydrogen (secondary N) is 2. The molecule has 4 amide bonds. The minimum absolute atomic E-state index is 0.0310. The molecule has 2 aromatic rings. The van der Waals surface area contributed by atoms with Gasteiger partial charge in [0.25, 0.3) is 5.91 Å². The number of anilines is 2. The largest absolute Gasteiger partial charge is 0.419 e. The van der Waals surface area contributed by atoms with Crippen molar-refractivity contribution in [2.75, 3.05) is 36.4 Å². The molecule has 1 saturated carbocycles. The smallest absolute Gasteiger partial charge is 0.331 e. The topological polar surface area (TPSA) is 155 Å². The third kappa shape index (κ3) is 8.72. The van der Waals surface area contributed by atoms with E-state index in [-0.39, 0.29) is 59.6 Å². The predicted octanol–water partition coefficient (Wildman–Crippen LogP) is 4.97. The summed E-state index contributed by atoms with van der Waals surface area (Å²) in [7, 11) is 0. The van der Waals surface area contributed by atoms with Crippen LogP contribution in [0.15, 0.2) is 30.6 Å². The number of alkyl halides is 3. The molecule has 3 atom stereocenters. The number of amides is 4. The van der Waals surface area contributed by atoms with Gasteiger partial charge in [-0.15, -0.1) is 0 Å². The van der Waals surface area contributed by atoms with Crippen LogP contribution in [-0.2, 0) is 25.4 Å². The zero-order chi connectivity index (χ0) is 40.5. The van der Waals surface area contributed by atoms with E-state index in [9.17, 15) is 32.3 Å². The molecule has 4 aliphatic rings. The number of aromatic nitrogens is 2. The number of halogens is 3. The molecule has 4 fully saturated rings. The van der Waals surface area contributed by atoms with Crippen LogP contribution in [0.3, 0.4) is 0 Å². The lowest BCUT2D eigenvalue weighted by Crippen LogP contribution is -2.58. The van der Waals surface area contributed by atoms with Crippen molar-refractivity contribution in [1.29, 1.82) is 5.26 Å². The highest BCUT2D eigenvalue weighted by atomic mass is 32.1. The lowest BCUT2D eigenvalue weighted by molar-refractivity contribution is -0.138. The molecule has 3 saturated heterocycles. The molecule has 0 bridgehead atoms. The fourth-order valence-electron chi connectivity index (χ4n) is 8.81. The van der Waals surface area contributed by atoms with Gasteiger partial charge in [-0.05, 0) is 116 Å². The Labute approximate surface area is 330 Å². The van der Waals surface area contributed by atoms with Crippen LogP contribution >= 0.6 is 12.2 Å². The van der Waals surface area contributed by atoms with Gasteiger partial charge in [-0.3, -0.25) is 39.3 Å². The van der Waals surface area contributed by atoms with E-state index < -0.39 is 34.8 Å². The molecule has 0 spiro atoms. The lowest BCUT2D eigenvalue weighted by atomic mass is 9.82. The number of carbonyl (C=O) groups is 4. The molecule has 0 radical (unpaired) electrons. The number of piperidine rings is 1. The Kier molecular flexibility index (Phi) is 12.1. The van der Waals surface area contributed by atoms with Gasteiger partial charge in [0, 0.05) is 37.6 Å². The normalized spacial score (nSPS) is 26.3. The molecule has 3 aliphatic heterocycles. The van der Waals surface area contributed by atoms with Crippen molar-refractivity contribution in [2.24, 2.45) is 5.92 Å². The first-order valence-corrected chi connectivity index (χ1v) is 19.6. The predicted molar refractivity (Wildman–Crippen MR) is 205 cm³/mol. The van der Waals surface area contributed by atoms with Crippen LogP contribution in [-0.4, -0.2) is 103 Å². The second kappa shape index (κ2) is 16.5. The number of nitriles is 1. The summed E-state index contributed by atoms with van der Waals surface area (Å²) in [6, 6.07) is 6.00. The molecule has 13 nitrogen and oxygen atoms in total. The number of pyridine rings is 2. The average molecular weight is 796 g/mol. The molecule has 6 rings (SSSR count). The number of piperazine rings is 1. The molecule has 17 heteroatoms. The third-order valence-electron chi connectivity index (χ3n) is 11.7. The van der Waals surface area contributed by atoms with E-state index in [0.29, 0.717) is 23.7 Å². The summed E-state index contributed by atoms with van der Waals surface area (Å²) in [4.78, 5) is 66.0. The summed E-state index contributed by atoms with van der Waals surface area (Å²) in [5, 5.41) is 14.6. The van der Waals surface area contributed by atoms with Crippen molar-refractivity contribution in [3.05, 3.63) is 47.5 Å². The van der Waals surface area contributed by atoms with E-state index in [1.54, 1.807) is 32.2 Å². The maximum absolute atomic E-state index is 13.7. The maximum Gasteiger partial charge on any atom is 0.419 e. The molecule has 300 valence electrons. The van der Waals surface area contributed by atoms with Crippen LogP contribution in [0.4, 0.5) is 24.5 Å². The summed E-state index contributed by atoms with van der Waals surface area (Å²) < 4.78 is 41.1. The van der Waals surface area contributed by atoms with E-state index in [0.717, 1.165) is 75.3 Å². The van der Waals surface area contributed by atoms with Crippen molar-refractivity contribution in [2.45, 2.75) is 115 Å². The van der Waals surface area contributed by atoms with Gasteiger partial charge in [0.1, 0.15) is 11.6 Å². The van der Waals surface area contributed by atoms with Crippen LogP contribution in [0.5, 0.6) is 0 Å². The minimum Gasteiger partial charge on any atom is -0.331 e. The van der Waals surface area contributed by atoms with Crippen molar-refractivity contribution >= 4 is 52.3 Å². The first kappa shape index (κ1) is 41.1. The Morgan fingerprint density at radius 2 is 1.75 bits per heavy atom. The zero-order valence-corrected chi connectivity index (χ0v) is 32.9. The highest BCUT2D eigenvalue weighted by Crippen LogP contribution is 2.41. The number of nitrogens with zero attached hydrogens (tertiary/aromatic N) is 7. The van der Waals surface area contributed by atoms with Gasteiger partial charge in [0.15, 0.2) is 10.8 Å². The Bertz CT molecular complexity index is 1880. The molecule has 0 aromatic carbocycles. The number of carbonyl (C=O) groups excluding carboxylic acids is 4. The second-order valence-corrected chi connectivity index (χ2v) is 16.4. The molecule has 5 heterocycles. The summed E-state index contributed by atoms with van der Waals surface area (Å²) in [5.74, 6) is -1.16. The van der Waals surface area contributed by atoms with Crippen LogP contribution in [0, 0.1) is 17.2 Å². The van der Waals surface area contributed by atoms with Crippen LogP contribution in [0.1, 0.15) is 102 Å². The van der Waals surface area contributed by atoms with Crippen molar-refractivity contribution in [3.8, 4) is 6.07 Å². The fraction of sp³-hybridized carbons (Fsp3) is 0.590. The van der Waals surface area contributed by atoms with E-state index >= 15 is 0 Å². The van der Waals surface area contributed by atoms with Crippen molar-refractivity contribution < 1.29 is 32.3 Å². The standard InChI is InChI=1S/C39H48F3N9O4S/c1-23-20-48(21-24(2)49(23)22-34(53)46-26-9-13-31(44-18-26)29-12-14-33(52)47-35(29)54)15-5-6-25-7-10-27(11-8-25)51-37(56)50(36(55)38(51,3)4)28-16-30(39(40,41)42)32(17-43)45-19-28/h9,13,16,18-19,23-25,27,29H,5-8,10-12,14-15,20-22H2,1-4H3,(H,46,53)(H,47,52,54)/t23-,24+,25-,27-,29?. The maximum atomic E-state index is 13.7. The van der Waals surface area contributed by atoms with Gasteiger partial charge in [-0.1, -0.05) is 0 Å². The highest BCUT2D eigenvalue weighted by Gasteiger charge is 2.53. The first-order valence-electron chi connectivity index (χ1n) is 19.2. The SMILES string of the molecule is C[C@@H]1CN(CCC[C@H]2CC[C@H](N3C(=S)N(c4cnc(C#N)c(C(F)(F)F)c4)C(=O)C3(C)C)CC2)C[C@H](C)N1CC(=O)Nc1ccc(C2CCC(=O)NC2=O)nc1. The number of thiocarbonyl (C=S) groups is 1. The Morgan fingerprint density at radius 3 is 2.36 bits per heavy atom. The molecular formula is C39H48F3N9O4S. The third-order valence-corrected chi connectivity index (χ3v) is 12.1. The van der Waals surface area contributed by atoms with Crippen LogP contribution < -0.4 is 15.5 Å². The summed E-state index contributed by atoms with van der Waals surface area (Å²) in [5.41, 5.74) is -2.01. The van der Waals surface area contributed by atoms with Crippen molar-refractivity contribution in [3.63, 3.8) is 0 Å². The molecule has 1 aliphatic carbocycles. The zero-order valence-electron chi connectivity index (χ0n) is 32.1. The quantitative estimate of drug-likeness (QED) is 0.248. The summed E-state index contributed by atoms with van der Waals surface area (Å²) >= 11 is 5.74. The molecule has 2 aromatic heterocycles. The van der Waals surface area contributed by atoms with Crippen LogP contribution in [0.25, 0.3) is 0 Å². The molecule has 1 unspecified atom stereocenters. The average Bonchev–Trinajstić information content (AvgIpc) is 3.32. The van der Waals surface area contributed by atoms with Crippen LogP contribution in [0.2, 0.25) is 0 Å². The first-order chi connectivity index (χ1) is 26.5. The van der Waals surface area contributed by atoms with Gasteiger partial charge >= 0.3 is 6.18 Å². The van der Waals surface area contributed by atoms with E-state index in [2.05, 4.69) is 44.2 Å². The molecular weight excluding hydrogens is 748 g/mol. The Morgan fingerprint density at radius 1 is 1.05 bits per heavy atom. The summed E-state index contributed by atoms with van der Waals surface area (Å²) in [6.45, 7) is 10.6. The van der Waals surface area contributed by atoms with E-state index in [1.807, 2.05) is 4.90 Å². The number of rotatable bonds is 10. The summed E-state index contributed by atoms with van der Waals surface area (Å²) in [6.07, 6.45) is 4.13. The molecule has 56 heavy (non-hydrogen) atoms.